The fourth-order valence-electron chi connectivity index (χ4n) is 2.31. The predicted molar refractivity (Wildman–Crippen MR) is 107 cm³/mol. The highest BCUT2D eigenvalue weighted by atomic mass is 32.1. The zero-order chi connectivity index (χ0) is 19.6. The van der Waals surface area contributed by atoms with Crippen molar-refractivity contribution in [2.45, 2.75) is 13.8 Å². The molecular formula is C20H22N2O4S. The quantitative estimate of drug-likeness (QED) is 0.557. The molecule has 2 amide bonds. The van der Waals surface area contributed by atoms with Gasteiger partial charge in [-0.3, -0.25) is 9.59 Å². The Kier molecular flexibility index (Phi) is 7.76. The molecule has 0 fully saturated rings. The summed E-state index contributed by atoms with van der Waals surface area (Å²) in [6.07, 6.45) is 2.91. The number of rotatable bonds is 8. The smallest absolute Gasteiger partial charge is 0.331 e. The molecule has 0 spiro atoms. The van der Waals surface area contributed by atoms with Gasteiger partial charge in [-0.1, -0.05) is 0 Å². The average Bonchev–Trinajstić information content (AvgIpc) is 3.20. The summed E-state index contributed by atoms with van der Waals surface area (Å²) in [5, 5.41) is 6.42. The fourth-order valence-corrected chi connectivity index (χ4v) is 2.93. The van der Waals surface area contributed by atoms with Crippen LogP contribution in [0.2, 0.25) is 0 Å². The van der Waals surface area contributed by atoms with Crippen LogP contribution in [-0.4, -0.2) is 42.4 Å². The second kappa shape index (κ2) is 10.3. The molecule has 0 aliphatic rings. The Hall–Kier alpha value is -2.93. The molecule has 2 rings (SSSR count). The van der Waals surface area contributed by atoms with Crippen LogP contribution in [0.3, 0.4) is 0 Å². The first-order valence-electron chi connectivity index (χ1n) is 8.59. The summed E-state index contributed by atoms with van der Waals surface area (Å²) < 4.78 is 4.90. The molecule has 0 saturated heterocycles. The van der Waals surface area contributed by atoms with Crippen molar-refractivity contribution in [3.05, 3.63) is 58.3 Å². The lowest BCUT2D eigenvalue weighted by Gasteiger charge is -2.18. The maximum atomic E-state index is 12.2. The van der Waals surface area contributed by atoms with Crippen LogP contribution in [-0.2, 0) is 14.3 Å². The number of nitrogens with zero attached hydrogens (tertiary/aromatic N) is 1. The van der Waals surface area contributed by atoms with E-state index in [0.29, 0.717) is 24.3 Å². The summed E-state index contributed by atoms with van der Waals surface area (Å²) in [6, 6.07) is 8.48. The predicted octanol–water partition coefficient (Wildman–Crippen LogP) is 3.43. The van der Waals surface area contributed by atoms with Gasteiger partial charge in [0, 0.05) is 30.4 Å². The molecule has 0 saturated carbocycles. The summed E-state index contributed by atoms with van der Waals surface area (Å²) in [4.78, 5) is 37.5. The van der Waals surface area contributed by atoms with Crippen molar-refractivity contribution >= 4 is 40.9 Å². The minimum absolute atomic E-state index is 0.0517. The lowest BCUT2D eigenvalue weighted by Crippen LogP contribution is -2.30. The van der Waals surface area contributed by atoms with Crippen molar-refractivity contribution in [3.8, 4) is 0 Å². The van der Waals surface area contributed by atoms with Crippen molar-refractivity contribution in [2.24, 2.45) is 0 Å². The fraction of sp³-hybridized carbons (Fsp3) is 0.250. The normalized spacial score (nSPS) is 10.6. The molecule has 27 heavy (non-hydrogen) atoms. The molecule has 0 radical (unpaired) electrons. The Morgan fingerprint density at radius 3 is 2.41 bits per heavy atom. The van der Waals surface area contributed by atoms with E-state index >= 15 is 0 Å². The third-order valence-electron chi connectivity index (χ3n) is 3.77. The number of thiophene rings is 1. The topological polar surface area (TPSA) is 75.7 Å². The third-order valence-corrected chi connectivity index (χ3v) is 4.47. The number of hydrogen-bond donors (Lipinski definition) is 1. The number of nitrogens with one attached hydrogen (secondary N) is 1. The van der Waals surface area contributed by atoms with Gasteiger partial charge in [-0.2, -0.15) is 11.3 Å². The summed E-state index contributed by atoms with van der Waals surface area (Å²) in [6.45, 7) is 4.74. The van der Waals surface area contributed by atoms with Crippen molar-refractivity contribution in [2.75, 3.05) is 25.0 Å². The Morgan fingerprint density at radius 1 is 1.11 bits per heavy atom. The van der Waals surface area contributed by atoms with E-state index in [-0.39, 0.29) is 12.5 Å². The van der Waals surface area contributed by atoms with Gasteiger partial charge in [0.1, 0.15) is 0 Å². The van der Waals surface area contributed by atoms with Gasteiger partial charge in [0.15, 0.2) is 6.61 Å². The van der Waals surface area contributed by atoms with E-state index in [4.69, 9.17) is 4.74 Å². The Morgan fingerprint density at radius 2 is 1.81 bits per heavy atom. The largest absolute Gasteiger partial charge is 0.452 e. The van der Waals surface area contributed by atoms with Crippen molar-refractivity contribution in [1.29, 1.82) is 0 Å². The summed E-state index contributed by atoms with van der Waals surface area (Å²) in [5.41, 5.74) is 1.99. The Balaban J connectivity index is 1.81. The second-order valence-corrected chi connectivity index (χ2v) is 6.38. The van der Waals surface area contributed by atoms with E-state index in [1.54, 1.807) is 35.2 Å². The molecule has 1 aromatic carbocycles. The molecule has 7 heteroatoms. The monoisotopic (exact) mass is 386 g/mol. The highest BCUT2D eigenvalue weighted by Crippen LogP contribution is 2.12. The minimum Gasteiger partial charge on any atom is -0.452 e. The lowest BCUT2D eigenvalue weighted by molar-refractivity contribution is -0.142. The maximum Gasteiger partial charge on any atom is 0.331 e. The Bertz CT molecular complexity index is 794. The van der Waals surface area contributed by atoms with Gasteiger partial charge in [-0.25, -0.2) is 4.79 Å². The summed E-state index contributed by atoms with van der Waals surface area (Å²) in [5.74, 6) is -1.09. The van der Waals surface area contributed by atoms with Crippen molar-refractivity contribution in [3.63, 3.8) is 0 Å². The van der Waals surface area contributed by atoms with Crippen LogP contribution >= 0.6 is 11.3 Å². The molecule has 1 aromatic heterocycles. The van der Waals surface area contributed by atoms with Crippen molar-refractivity contribution < 1.29 is 19.1 Å². The third kappa shape index (κ3) is 6.38. The van der Waals surface area contributed by atoms with Gasteiger partial charge < -0.3 is 15.0 Å². The zero-order valence-electron chi connectivity index (χ0n) is 15.3. The van der Waals surface area contributed by atoms with Crippen LogP contribution in [0, 0.1) is 0 Å². The first-order chi connectivity index (χ1) is 13.0. The van der Waals surface area contributed by atoms with Crippen LogP contribution in [0.1, 0.15) is 29.8 Å². The first kappa shape index (κ1) is 20.4. The SMILES string of the molecule is CCN(CC)C(=O)c1ccc(NC(=O)COC(=O)/C=C/c2ccsc2)cc1. The summed E-state index contributed by atoms with van der Waals surface area (Å²) in [7, 11) is 0. The highest BCUT2D eigenvalue weighted by molar-refractivity contribution is 7.08. The van der Waals surface area contributed by atoms with Gasteiger partial charge in [0.2, 0.25) is 0 Å². The standard InChI is InChI=1S/C20H22N2O4S/c1-3-22(4-2)20(25)16-6-8-17(9-7-16)21-18(23)13-26-19(24)10-5-15-11-12-27-14-15/h5-12,14H,3-4,13H2,1-2H3,(H,21,23)/b10-5+. The van der Waals surface area contributed by atoms with Crippen LogP contribution in [0.4, 0.5) is 5.69 Å². The highest BCUT2D eigenvalue weighted by Gasteiger charge is 2.12. The number of anilines is 1. The van der Waals surface area contributed by atoms with Crippen LogP contribution < -0.4 is 5.32 Å². The van der Waals surface area contributed by atoms with E-state index in [0.717, 1.165) is 5.56 Å². The van der Waals surface area contributed by atoms with Gasteiger partial charge in [-0.15, -0.1) is 0 Å². The molecule has 1 heterocycles. The van der Waals surface area contributed by atoms with E-state index in [2.05, 4.69) is 5.32 Å². The van der Waals surface area contributed by atoms with E-state index < -0.39 is 11.9 Å². The number of benzene rings is 1. The molecule has 142 valence electrons. The molecule has 0 aliphatic carbocycles. The minimum atomic E-state index is -0.587. The van der Waals surface area contributed by atoms with E-state index in [9.17, 15) is 14.4 Å². The molecule has 0 bridgehead atoms. The average molecular weight is 386 g/mol. The van der Waals surface area contributed by atoms with Gasteiger partial charge in [0.25, 0.3) is 11.8 Å². The lowest BCUT2D eigenvalue weighted by atomic mass is 10.2. The van der Waals surface area contributed by atoms with E-state index in [1.807, 2.05) is 30.7 Å². The van der Waals surface area contributed by atoms with Crippen LogP contribution in [0.15, 0.2) is 47.2 Å². The van der Waals surface area contributed by atoms with Crippen LogP contribution in [0.25, 0.3) is 6.08 Å². The molecule has 0 unspecified atom stereocenters. The van der Waals surface area contributed by atoms with Gasteiger partial charge in [0.05, 0.1) is 0 Å². The number of carbonyl (C=O) groups is 3. The number of esters is 1. The second-order valence-electron chi connectivity index (χ2n) is 5.60. The molecule has 2 aromatic rings. The molecule has 0 aliphatic heterocycles. The van der Waals surface area contributed by atoms with E-state index in [1.165, 1.54) is 17.4 Å². The Labute approximate surface area is 162 Å². The summed E-state index contributed by atoms with van der Waals surface area (Å²) >= 11 is 1.53. The maximum absolute atomic E-state index is 12.2. The first-order valence-corrected chi connectivity index (χ1v) is 9.54. The van der Waals surface area contributed by atoms with Gasteiger partial charge >= 0.3 is 5.97 Å². The molecule has 6 nitrogen and oxygen atoms in total. The number of carbonyl (C=O) groups excluding carboxylic acids is 3. The number of hydrogen-bond acceptors (Lipinski definition) is 5. The number of ether oxygens (including phenoxy) is 1. The zero-order valence-corrected chi connectivity index (χ0v) is 16.1. The van der Waals surface area contributed by atoms with Crippen molar-refractivity contribution in [1.82, 2.24) is 4.90 Å². The van der Waals surface area contributed by atoms with Crippen LogP contribution in [0.5, 0.6) is 0 Å². The number of amides is 2. The van der Waals surface area contributed by atoms with Gasteiger partial charge in [-0.05, 0) is 66.6 Å². The molecule has 0 atom stereocenters. The molecule has 1 N–H and O–H groups in total. The molecular weight excluding hydrogens is 364 g/mol.